The number of nitrogens with two attached hydrogens (primary N) is 1. The quantitative estimate of drug-likeness (QED) is 0.212. The summed E-state index contributed by atoms with van der Waals surface area (Å²) in [5.74, 6) is -5.36. The molecule has 0 unspecified atom stereocenters. The van der Waals surface area contributed by atoms with Gasteiger partial charge in [0.2, 0.25) is 11.6 Å². The number of nitrogen functional groups attached to an aromatic ring is 1. The highest BCUT2D eigenvalue weighted by molar-refractivity contribution is 6.00. The average molecular weight is 581 g/mol. The molecular formula is C29H30F2N6O5. The third-order valence-corrected chi connectivity index (χ3v) is 7.64. The van der Waals surface area contributed by atoms with Crippen molar-refractivity contribution in [3.8, 4) is 29.0 Å². The number of amidine groups is 2. The molecule has 2 aliphatic rings. The Hall–Kier alpha value is -4.94. The molecule has 0 bridgehead atoms. The molecule has 1 saturated carbocycles. The predicted octanol–water partition coefficient (Wildman–Crippen LogP) is 4.46. The normalized spacial score (nSPS) is 15.8. The maximum absolute atomic E-state index is 16.1. The monoisotopic (exact) mass is 580 g/mol. The van der Waals surface area contributed by atoms with Crippen molar-refractivity contribution in [1.29, 1.82) is 5.41 Å². The Bertz CT molecular complexity index is 1590. The first-order valence-corrected chi connectivity index (χ1v) is 13.3. The Morgan fingerprint density at radius 2 is 1.81 bits per heavy atom. The van der Waals surface area contributed by atoms with Crippen LogP contribution in [0.15, 0.2) is 47.5 Å². The molecule has 1 aliphatic heterocycles. The van der Waals surface area contributed by atoms with Crippen LogP contribution in [-0.2, 0) is 4.79 Å². The first-order chi connectivity index (χ1) is 20.0. The van der Waals surface area contributed by atoms with E-state index in [9.17, 15) is 15.0 Å². The molecule has 2 heterocycles. The molecule has 5 rings (SSSR count). The fourth-order valence-electron chi connectivity index (χ4n) is 5.31. The molecule has 42 heavy (non-hydrogen) atoms. The Kier molecular flexibility index (Phi) is 7.59. The third kappa shape index (κ3) is 5.13. The minimum Gasteiger partial charge on any atom is -0.504 e. The van der Waals surface area contributed by atoms with Gasteiger partial charge in [-0.15, -0.1) is 0 Å². The van der Waals surface area contributed by atoms with Gasteiger partial charge in [0.15, 0.2) is 11.5 Å². The van der Waals surface area contributed by atoms with Crippen LogP contribution in [0, 0.1) is 17.0 Å². The van der Waals surface area contributed by atoms with Gasteiger partial charge in [-0.2, -0.15) is 13.8 Å². The summed E-state index contributed by atoms with van der Waals surface area (Å²) in [5, 5.41) is 28.1. The van der Waals surface area contributed by atoms with E-state index in [1.807, 2.05) is 18.0 Å². The highest BCUT2D eigenvalue weighted by Crippen LogP contribution is 2.44. The highest BCUT2D eigenvalue weighted by atomic mass is 19.1. The predicted molar refractivity (Wildman–Crippen MR) is 151 cm³/mol. The summed E-state index contributed by atoms with van der Waals surface area (Å²) in [5.41, 5.74) is 4.15. The number of nitrogens with zero attached hydrogens (tertiary/aromatic N) is 4. The van der Waals surface area contributed by atoms with Crippen molar-refractivity contribution in [3.63, 3.8) is 0 Å². The summed E-state index contributed by atoms with van der Waals surface area (Å²) in [6.45, 7) is 1.37. The molecule has 3 aromatic rings. The standard InChI is InChI=1S/C29H30F2N6O5/c1-36-13-12-34-25(36)17-6-5-7-18(14-17)41-26-21(30)23(37(2)29(28(39)40)10-3-4-11-29)22(31)27(35-26)42-20-15-16(24(32)33)8-9-19(20)38/h5-9,14-15,38H,3-4,10-13H2,1-2H3,(H3,32,33)(H,39,40). The summed E-state index contributed by atoms with van der Waals surface area (Å²) in [6.07, 6.45) is 1.47. The van der Waals surface area contributed by atoms with Crippen LogP contribution in [-0.4, -0.2) is 70.5 Å². The number of benzene rings is 2. The van der Waals surface area contributed by atoms with Gasteiger partial charge < -0.3 is 35.2 Å². The van der Waals surface area contributed by atoms with Gasteiger partial charge >= 0.3 is 5.97 Å². The van der Waals surface area contributed by atoms with Crippen molar-refractivity contribution in [2.75, 3.05) is 32.1 Å². The number of carboxylic acid groups (broad SMARTS) is 1. The second-order valence-corrected chi connectivity index (χ2v) is 10.3. The van der Waals surface area contributed by atoms with Crippen LogP contribution in [0.3, 0.4) is 0 Å². The first-order valence-electron chi connectivity index (χ1n) is 13.3. The molecule has 0 amide bonds. The van der Waals surface area contributed by atoms with E-state index < -0.39 is 46.3 Å². The number of likely N-dealkylation sites (N-methyl/N-ethyl adjacent to an activating group) is 2. The second kappa shape index (κ2) is 11.1. The summed E-state index contributed by atoms with van der Waals surface area (Å²) in [6, 6.07) is 10.5. The number of hydrogen-bond acceptors (Lipinski definition) is 9. The fourth-order valence-corrected chi connectivity index (χ4v) is 5.31. The molecule has 1 aromatic heterocycles. The number of carbonyl (C=O) groups is 1. The van der Waals surface area contributed by atoms with Gasteiger partial charge in [0.25, 0.3) is 11.8 Å². The number of nitrogens with one attached hydrogen (secondary N) is 1. The number of pyridine rings is 1. The number of carboxylic acids is 1. The van der Waals surface area contributed by atoms with Crippen LogP contribution in [0.4, 0.5) is 14.5 Å². The molecule has 5 N–H and O–H groups in total. The van der Waals surface area contributed by atoms with Crippen molar-refractivity contribution in [3.05, 3.63) is 65.2 Å². The van der Waals surface area contributed by atoms with E-state index in [2.05, 4.69) is 9.98 Å². The summed E-state index contributed by atoms with van der Waals surface area (Å²) >= 11 is 0. The Labute approximate surface area is 240 Å². The van der Waals surface area contributed by atoms with Gasteiger partial charge in [0.1, 0.15) is 28.6 Å². The van der Waals surface area contributed by atoms with Gasteiger partial charge in [-0.05, 0) is 43.2 Å². The second-order valence-electron chi connectivity index (χ2n) is 10.3. The fraction of sp³-hybridized carbons (Fsp3) is 0.310. The number of hydrogen-bond donors (Lipinski definition) is 4. The maximum Gasteiger partial charge on any atom is 0.329 e. The minimum absolute atomic E-state index is 0.170. The van der Waals surface area contributed by atoms with Crippen LogP contribution in [0.2, 0.25) is 0 Å². The molecule has 0 spiro atoms. The van der Waals surface area contributed by atoms with Crippen LogP contribution in [0.25, 0.3) is 0 Å². The van der Waals surface area contributed by atoms with E-state index in [4.69, 9.17) is 20.6 Å². The lowest BCUT2D eigenvalue weighted by molar-refractivity contribution is -0.143. The largest absolute Gasteiger partial charge is 0.504 e. The number of aromatic nitrogens is 1. The third-order valence-electron chi connectivity index (χ3n) is 7.64. The number of ether oxygens (including phenoxy) is 2. The molecular weight excluding hydrogens is 550 g/mol. The summed E-state index contributed by atoms with van der Waals surface area (Å²) in [7, 11) is 3.20. The van der Waals surface area contributed by atoms with Crippen LogP contribution >= 0.6 is 0 Å². The average Bonchev–Trinajstić information content (AvgIpc) is 3.63. The van der Waals surface area contributed by atoms with Crippen molar-refractivity contribution in [1.82, 2.24) is 9.88 Å². The Balaban J connectivity index is 1.62. The first kappa shape index (κ1) is 28.6. The topological polar surface area (TPSA) is 158 Å². The van der Waals surface area contributed by atoms with Crippen LogP contribution in [0.1, 0.15) is 36.8 Å². The molecule has 2 aromatic carbocycles. The highest BCUT2D eigenvalue weighted by Gasteiger charge is 2.47. The van der Waals surface area contributed by atoms with Gasteiger partial charge in [0.05, 0.1) is 6.54 Å². The number of aliphatic carboxylic acids is 1. The molecule has 1 aliphatic carbocycles. The number of rotatable bonds is 9. The number of anilines is 1. The molecule has 1 fully saturated rings. The number of halogens is 2. The van der Waals surface area contributed by atoms with Crippen molar-refractivity contribution >= 4 is 23.3 Å². The Morgan fingerprint density at radius 3 is 2.43 bits per heavy atom. The zero-order valence-corrected chi connectivity index (χ0v) is 23.0. The molecule has 0 radical (unpaired) electrons. The molecule has 0 atom stereocenters. The lowest BCUT2D eigenvalue weighted by atomic mass is 9.95. The van der Waals surface area contributed by atoms with Crippen molar-refractivity contribution in [2.24, 2.45) is 10.7 Å². The molecule has 11 nitrogen and oxygen atoms in total. The molecule has 13 heteroatoms. The summed E-state index contributed by atoms with van der Waals surface area (Å²) < 4.78 is 43.6. The summed E-state index contributed by atoms with van der Waals surface area (Å²) in [4.78, 5) is 23.8. The van der Waals surface area contributed by atoms with Gasteiger partial charge in [-0.3, -0.25) is 10.4 Å². The van der Waals surface area contributed by atoms with E-state index in [0.717, 1.165) is 17.3 Å². The van der Waals surface area contributed by atoms with E-state index in [1.165, 1.54) is 25.2 Å². The minimum atomic E-state index is -1.57. The van der Waals surface area contributed by atoms with Gasteiger partial charge in [-0.1, -0.05) is 25.0 Å². The SMILES string of the molecule is CN1CCN=C1c1cccc(Oc2nc(Oc3cc(C(=N)N)ccc3O)c(F)c(N(C)C3(C(=O)O)CCCC3)c2F)c1. The smallest absolute Gasteiger partial charge is 0.329 e. The van der Waals surface area contributed by atoms with Crippen molar-refractivity contribution < 1.29 is 33.3 Å². The van der Waals surface area contributed by atoms with E-state index in [-0.39, 0.29) is 35.7 Å². The van der Waals surface area contributed by atoms with Crippen molar-refractivity contribution in [2.45, 2.75) is 31.2 Å². The Morgan fingerprint density at radius 1 is 1.12 bits per heavy atom. The number of phenolic OH excluding ortho intramolecular Hbond substituents is 1. The molecule has 0 saturated heterocycles. The maximum atomic E-state index is 16.1. The van der Waals surface area contributed by atoms with E-state index in [1.54, 1.807) is 18.2 Å². The number of aromatic hydroxyl groups is 1. The lowest BCUT2D eigenvalue weighted by Gasteiger charge is -2.37. The lowest BCUT2D eigenvalue weighted by Crippen LogP contribution is -2.51. The zero-order chi connectivity index (χ0) is 30.2. The number of phenols is 1. The molecule has 220 valence electrons. The zero-order valence-electron chi connectivity index (χ0n) is 23.0. The van der Waals surface area contributed by atoms with Crippen LogP contribution < -0.4 is 20.1 Å². The van der Waals surface area contributed by atoms with Gasteiger partial charge in [-0.25, -0.2) is 4.79 Å². The number of aliphatic imine (C=N–C) groups is 1. The van der Waals surface area contributed by atoms with E-state index in [0.29, 0.717) is 24.9 Å². The van der Waals surface area contributed by atoms with Gasteiger partial charge in [0, 0.05) is 31.8 Å². The van der Waals surface area contributed by atoms with E-state index >= 15 is 8.78 Å². The van der Waals surface area contributed by atoms with Crippen LogP contribution in [0.5, 0.6) is 29.0 Å².